The summed E-state index contributed by atoms with van der Waals surface area (Å²) in [6.45, 7) is 3.15. The van der Waals surface area contributed by atoms with E-state index in [0.717, 1.165) is 6.26 Å². The molecule has 0 aliphatic carbocycles. The smallest absolute Gasteiger partial charge is 0.251 e. The van der Waals surface area contributed by atoms with Crippen LogP contribution in [0.3, 0.4) is 0 Å². The normalized spacial score (nSPS) is 12.2. The van der Waals surface area contributed by atoms with Crippen molar-refractivity contribution in [1.82, 2.24) is 5.32 Å². The fourth-order valence-corrected chi connectivity index (χ4v) is 2.06. The Balaban J connectivity index is 3.02. The predicted octanol–water partition coefficient (Wildman–Crippen LogP) is 0.173. The summed E-state index contributed by atoms with van der Waals surface area (Å²) in [5, 5.41) is 12.0. The van der Waals surface area contributed by atoms with Crippen molar-refractivity contribution in [2.75, 3.05) is 18.5 Å². The van der Waals surface area contributed by atoms with E-state index in [2.05, 4.69) is 5.32 Å². The molecule has 1 aromatic carbocycles. The highest BCUT2D eigenvalue weighted by molar-refractivity contribution is 7.90. The summed E-state index contributed by atoms with van der Waals surface area (Å²) in [7, 11) is -3.43. The van der Waals surface area contributed by atoms with Gasteiger partial charge in [0.1, 0.15) is 0 Å². The Kier molecular flexibility index (Phi) is 4.21. The monoisotopic (exact) mass is 286 g/mol. The molecule has 0 saturated carbocycles. The van der Waals surface area contributed by atoms with Crippen LogP contribution in [0, 0.1) is 0 Å². The van der Waals surface area contributed by atoms with Gasteiger partial charge in [0.15, 0.2) is 9.84 Å². The first kappa shape index (κ1) is 15.5. The summed E-state index contributed by atoms with van der Waals surface area (Å²) in [5.74, 6) is -0.487. The van der Waals surface area contributed by atoms with Crippen LogP contribution in [0.5, 0.6) is 0 Å². The zero-order chi connectivity index (χ0) is 14.8. The molecule has 0 aliphatic rings. The molecule has 0 aliphatic heterocycles. The number of sulfone groups is 1. The van der Waals surface area contributed by atoms with Crippen LogP contribution in [0.15, 0.2) is 23.1 Å². The second kappa shape index (κ2) is 5.18. The molecule has 0 atom stereocenters. The van der Waals surface area contributed by atoms with Gasteiger partial charge in [-0.1, -0.05) is 0 Å². The maximum Gasteiger partial charge on any atom is 0.251 e. The number of rotatable bonds is 4. The molecule has 0 heterocycles. The summed E-state index contributed by atoms with van der Waals surface area (Å²) in [4.78, 5) is 11.8. The van der Waals surface area contributed by atoms with Crippen LogP contribution in [0.1, 0.15) is 24.2 Å². The van der Waals surface area contributed by atoms with E-state index in [1.54, 1.807) is 13.8 Å². The third-order valence-electron chi connectivity index (χ3n) is 2.30. The predicted molar refractivity (Wildman–Crippen MR) is 72.6 cm³/mol. The Bertz CT molecular complexity index is 588. The molecular formula is C12H18N2O4S. The maximum atomic E-state index is 11.9. The standard InChI is InChI=1S/C12H18N2O4S/c1-12(2,16)7-14-11(15)8-4-9(13)6-10(5-8)19(3,17)18/h4-6,16H,7,13H2,1-3H3,(H,14,15). The number of hydrogen-bond donors (Lipinski definition) is 3. The molecule has 4 N–H and O–H groups in total. The molecule has 106 valence electrons. The molecule has 0 spiro atoms. The minimum absolute atomic E-state index is 0.0130. The number of carbonyl (C=O) groups is 1. The van der Waals surface area contributed by atoms with Gasteiger partial charge < -0.3 is 16.2 Å². The topological polar surface area (TPSA) is 109 Å². The van der Waals surface area contributed by atoms with Crippen molar-refractivity contribution in [2.24, 2.45) is 0 Å². The average Bonchev–Trinajstić information content (AvgIpc) is 2.22. The fourth-order valence-electron chi connectivity index (χ4n) is 1.37. The average molecular weight is 286 g/mol. The van der Waals surface area contributed by atoms with Crippen molar-refractivity contribution in [2.45, 2.75) is 24.3 Å². The number of anilines is 1. The quantitative estimate of drug-likeness (QED) is 0.684. The molecule has 19 heavy (non-hydrogen) atoms. The van der Waals surface area contributed by atoms with Gasteiger partial charge in [-0.25, -0.2) is 8.42 Å². The molecule has 1 rings (SSSR count). The van der Waals surface area contributed by atoms with Crippen molar-refractivity contribution < 1.29 is 18.3 Å². The number of aliphatic hydroxyl groups is 1. The zero-order valence-electron chi connectivity index (χ0n) is 11.1. The SMILES string of the molecule is CC(C)(O)CNC(=O)c1cc(N)cc(S(C)(=O)=O)c1. The number of nitrogens with two attached hydrogens (primary N) is 1. The third-order valence-corrected chi connectivity index (χ3v) is 3.39. The lowest BCUT2D eigenvalue weighted by Gasteiger charge is -2.17. The van der Waals surface area contributed by atoms with E-state index in [0.29, 0.717) is 0 Å². The Morgan fingerprint density at radius 3 is 2.42 bits per heavy atom. The number of hydrogen-bond acceptors (Lipinski definition) is 5. The van der Waals surface area contributed by atoms with Gasteiger partial charge in [-0.2, -0.15) is 0 Å². The van der Waals surface area contributed by atoms with E-state index in [-0.39, 0.29) is 22.7 Å². The summed E-state index contributed by atoms with van der Waals surface area (Å²) < 4.78 is 22.9. The number of amides is 1. The summed E-state index contributed by atoms with van der Waals surface area (Å²) in [5.41, 5.74) is 4.87. The molecular weight excluding hydrogens is 268 g/mol. The van der Waals surface area contributed by atoms with Crippen molar-refractivity contribution >= 4 is 21.4 Å². The van der Waals surface area contributed by atoms with Crippen LogP contribution in [-0.2, 0) is 9.84 Å². The fraction of sp³-hybridized carbons (Fsp3) is 0.417. The number of nitrogens with one attached hydrogen (secondary N) is 1. The Hall–Kier alpha value is -1.60. The van der Waals surface area contributed by atoms with Gasteiger partial charge in [-0.05, 0) is 32.0 Å². The van der Waals surface area contributed by atoms with Gasteiger partial charge in [0.25, 0.3) is 5.91 Å². The first-order valence-corrected chi connectivity index (χ1v) is 7.49. The lowest BCUT2D eigenvalue weighted by Crippen LogP contribution is -2.38. The second-order valence-corrected chi connectivity index (χ2v) is 7.07. The maximum absolute atomic E-state index is 11.9. The minimum atomic E-state index is -3.43. The van der Waals surface area contributed by atoms with Gasteiger partial charge in [0.05, 0.1) is 10.5 Å². The molecule has 0 aromatic heterocycles. The second-order valence-electron chi connectivity index (χ2n) is 5.06. The van der Waals surface area contributed by atoms with Crippen LogP contribution < -0.4 is 11.1 Å². The molecule has 1 aromatic rings. The Labute approximate surface area is 112 Å². The van der Waals surface area contributed by atoms with Crippen molar-refractivity contribution in [3.8, 4) is 0 Å². The lowest BCUT2D eigenvalue weighted by atomic mass is 10.1. The first-order chi connectivity index (χ1) is 8.49. The summed E-state index contributed by atoms with van der Waals surface area (Å²) >= 11 is 0. The molecule has 1 amide bonds. The zero-order valence-corrected chi connectivity index (χ0v) is 11.9. The van der Waals surface area contributed by atoms with Crippen LogP contribution in [0.2, 0.25) is 0 Å². The van der Waals surface area contributed by atoms with Crippen molar-refractivity contribution in [3.05, 3.63) is 23.8 Å². The van der Waals surface area contributed by atoms with Gasteiger partial charge >= 0.3 is 0 Å². The number of carbonyl (C=O) groups excluding carboxylic acids is 1. The van der Waals surface area contributed by atoms with Gasteiger partial charge in [-0.3, -0.25) is 4.79 Å². The molecule has 6 nitrogen and oxygen atoms in total. The van der Waals surface area contributed by atoms with Crippen molar-refractivity contribution in [1.29, 1.82) is 0 Å². The summed E-state index contributed by atoms with van der Waals surface area (Å²) in [6.07, 6.45) is 1.04. The number of benzene rings is 1. The van der Waals surface area contributed by atoms with E-state index in [1.165, 1.54) is 18.2 Å². The van der Waals surface area contributed by atoms with E-state index in [1.807, 2.05) is 0 Å². The van der Waals surface area contributed by atoms with Crippen molar-refractivity contribution in [3.63, 3.8) is 0 Å². The van der Waals surface area contributed by atoms with Crippen LogP contribution in [-0.4, -0.2) is 37.8 Å². The molecule has 0 fully saturated rings. The number of nitrogen functional groups attached to an aromatic ring is 1. The van der Waals surface area contributed by atoms with E-state index in [9.17, 15) is 18.3 Å². The molecule has 0 radical (unpaired) electrons. The Morgan fingerprint density at radius 2 is 1.95 bits per heavy atom. The molecule has 0 saturated heterocycles. The van der Waals surface area contributed by atoms with Gasteiger partial charge in [0.2, 0.25) is 0 Å². The molecule has 7 heteroatoms. The van der Waals surface area contributed by atoms with E-state index in [4.69, 9.17) is 5.73 Å². The van der Waals surface area contributed by atoms with E-state index < -0.39 is 21.3 Å². The molecule has 0 bridgehead atoms. The largest absolute Gasteiger partial charge is 0.399 e. The molecule has 0 unspecified atom stereocenters. The summed E-state index contributed by atoms with van der Waals surface area (Å²) in [6, 6.07) is 3.93. The first-order valence-electron chi connectivity index (χ1n) is 5.60. The third kappa shape index (κ3) is 4.88. The highest BCUT2D eigenvalue weighted by Crippen LogP contribution is 2.17. The van der Waals surface area contributed by atoms with Crippen LogP contribution in [0.4, 0.5) is 5.69 Å². The highest BCUT2D eigenvalue weighted by atomic mass is 32.2. The lowest BCUT2D eigenvalue weighted by molar-refractivity contribution is 0.0694. The van der Waals surface area contributed by atoms with Crippen LogP contribution >= 0.6 is 0 Å². The highest BCUT2D eigenvalue weighted by Gasteiger charge is 2.17. The van der Waals surface area contributed by atoms with Gasteiger partial charge in [0, 0.05) is 24.1 Å². The van der Waals surface area contributed by atoms with Gasteiger partial charge in [-0.15, -0.1) is 0 Å². The van der Waals surface area contributed by atoms with Crippen LogP contribution in [0.25, 0.3) is 0 Å². The Morgan fingerprint density at radius 1 is 1.37 bits per heavy atom. The minimum Gasteiger partial charge on any atom is -0.399 e. The van der Waals surface area contributed by atoms with E-state index >= 15 is 0 Å².